The topological polar surface area (TPSA) is 37.4 Å². The van der Waals surface area contributed by atoms with Crippen molar-refractivity contribution in [2.75, 3.05) is 38.6 Å². The number of hydrogen-bond donors (Lipinski definition) is 1. The summed E-state index contributed by atoms with van der Waals surface area (Å²) in [6, 6.07) is 2.02. The Morgan fingerprint density at radius 1 is 1.33 bits per heavy atom. The van der Waals surface area contributed by atoms with Gasteiger partial charge in [-0.2, -0.15) is 0 Å². The maximum absolute atomic E-state index is 5.29. The average molecular weight is 251 g/mol. The fourth-order valence-electron chi connectivity index (χ4n) is 1.94. The van der Waals surface area contributed by atoms with Crippen LogP contribution in [0, 0.1) is 6.92 Å². The van der Waals surface area contributed by atoms with Gasteiger partial charge in [0.2, 0.25) is 0 Å². The van der Waals surface area contributed by atoms with Crippen LogP contribution in [0.1, 0.15) is 26.0 Å². The third kappa shape index (κ3) is 4.53. The zero-order valence-electron chi connectivity index (χ0n) is 12.0. The molecule has 1 aromatic rings. The van der Waals surface area contributed by atoms with Gasteiger partial charge in [-0.3, -0.25) is 4.98 Å². The van der Waals surface area contributed by atoms with Gasteiger partial charge in [0.05, 0.1) is 19.0 Å². The first-order chi connectivity index (χ1) is 8.71. The van der Waals surface area contributed by atoms with E-state index in [-0.39, 0.29) is 0 Å². The molecule has 0 unspecified atom stereocenters. The van der Waals surface area contributed by atoms with E-state index in [4.69, 9.17) is 4.74 Å². The van der Waals surface area contributed by atoms with E-state index in [1.807, 2.05) is 13.0 Å². The van der Waals surface area contributed by atoms with Crippen LogP contribution < -0.4 is 10.1 Å². The Kier molecular flexibility index (Phi) is 6.50. The number of hydrogen-bond acceptors (Lipinski definition) is 4. The average Bonchev–Trinajstić information content (AvgIpc) is 2.38. The molecule has 0 saturated carbocycles. The molecule has 0 saturated heterocycles. The fourth-order valence-corrected chi connectivity index (χ4v) is 1.94. The molecule has 0 aliphatic rings. The van der Waals surface area contributed by atoms with Crippen LogP contribution in [0.3, 0.4) is 0 Å². The first-order valence-electron chi connectivity index (χ1n) is 6.68. The number of likely N-dealkylation sites (N-methyl/N-ethyl adjacent to an activating group) is 1. The minimum Gasteiger partial charge on any atom is -0.493 e. The van der Waals surface area contributed by atoms with E-state index < -0.39 is 0 Å². The van der Waals surface area contributed by atoms with Crippen LogP contribution in [0.5, 0.6) is 5.75 Å². The second-order valence-electron chi connectivity index (χ2n) is 4.39. The fraction of sp³-hybridized carbons (Fsp3) is 0.643. The molecule has 1 rings (SSSR count). The molecule has 1 aromatic heterocycles. The van der Waals surface area contributed by atoms with Crippen LogP contribution in [0.25, 0.3) is 0 Å². The molecule has 0 spiro atoms. The van der Waals surface area contributed by atoms with Gasteiger partial charge >= 0.3 is 0 Å². The van der Waals surface area contributed by atoms with Crippen molar-refractivity contribution >= 4 is 5.69 Å². The zero-order valence-corrected chi connectivity index (χ0v) is 12.0. The van der Waals surface area contributed by atoms with Crippen molar-refractivity contribution in [3.63, 3.8) is 0 Å². The third-order valence-corrected chi connectivity index (χ3v) is 2.95. The van der Waals surface area contributed by atoms with Crippen molar-refractivity contribution in [3.05, 3.63) is 18.0 Å². The highest BCUT2D eigenvalue weighted by Gasteiger charge is 2.04. The SMILES string of the molecule is CCCN(CC)CCNc1cc(C)ncc1OC. The molecule has 0 aliphatic carbocycles. The molecule has 18 heavy (non-hydrogen) atoms. The molecule has 0 bridgehead atoms. The third-order valence-electron chi connectivity index (χ3n) is 2.95. The Morgan fingerprint density at radius 3 is 2.72 bits per heavy atom. The molecule has 4 nitrogen and oxygen atoms in total. The van der Waals surface area contributed by atoms with Crippen LogP contribution in [0.15, 0.2) is 12.3 Å². The summed E-state index contributed by atoms with van der Waals surface area (Å²) in [5, 5.41) is 3.42. The Morgan fingerprint density at radius 2 is 2.11 bits per heavy atom. The van der Waals surface area contributed by atoms with E-state index in [9.17, 15) is 0 Å². The molecule has 1 N–H and O–H groups in total. The Balaban J connectivity index is 2.49. The summed E-state index contributed by atoms with van der Waals surface area (Å²) in [4.78, 5) is 6.66. The van der Waals surface area contributed by atoms with E-state index in [2.05, 4.69) is 29.0 Å². The molecule has 0 aromatic carbocycles. The lowest BCUT2D eigenvalue weighted by atomic mass is 10.3. The van der Waals surface area contributed by atoms with Crippen molar-refractivity contribution in [1.82, 2.24) is 9.88 Å². The van der Waals surface area contributed by atoms with E-state index in [1.54, 1.807) is 13.3 Å². The van der Waals surface area contributed by atoms with Gasteiger partial charge in [-0.15, -0.1) is 0 Å². The van der Waals surface area contributed by atoms with Crippen molar-refractivity contribution in [2.24, 2.45) is 0 Å². The number of anilines is 1. The first kappa shape index (κ1) is 14.8. The second kappa shape index (κ2) is 7.93. The quantitative estimate of drug-likeness (QED) is 0.770. The predicted molar refractivity (Wildman–Crippen MR) is 76.4 cm³/mol. The number of ether oxygens (including phenoxy) is 1. The summed E-state index contributed by atoms with van der Waals surface area (Å²) < 4.78 is 5.29. The monoisotopic (exact) mass is 251 g/mol. The summed E-state index contributed by atoms with van der Waals surface area (Å²) in [7, 11) is 1.67. The lowest BCUT2D eigenvalue weighted by Crippen LogP contribution is -2.29. The summed E-state index contributed by atoms with van der Waals surface area (Å²) in [5.41, 5.74) is 2.02. The zero-order chi connectivity index (χ0) is 13.4. The molecule has 1 heterocycles. The molecule has 102 valence electrons. The van der Waals surface area contributed by atoms with Crippen LogP contribution in [0.2, 0.25) is 0 Å². The first-order valence-corrected chi connectivity index (χ1v) is 6.68. The normalized spacial score (nSPS) is 10.7. The number of nitrogens with one attached hydrogen (secondary N) is 1. The standard InChI is InChI=1S/C14H25N3O/c1-5-8-17(6-2)9-7-15-13-10-12(3)16-11-14(13)18-4/h10-11H,5-9H2,1-4H3,(H,15,16). The van der Waals surface area contributed by atoms with Crippen molar-refractivity contribution < 1.29 is 4.74 Å². The van der Waals surface area contributed by atoms with Crippen LogP contribution >= 0.6 is 0 Å². The minimum atomic E-state index is 0.805. The van der Waals surface area contributed by atoms with Gasteiger partial charge in [0.25, 0.3) is 0 Å². The van der Waals surface area contributed by atoms with Crippen molar-refractivity contribution in [1.29, 1.82) is 0 Å². The number of nitrogens with zero attached hydrogens (tertiary/aromatic N) is 2. The Labute approximate surface area is 110 Å². The van der Waals surface area contributed by atoms with Crippen LogP contribution in [-0.4, -0.2) is 43.2 Å². The number of rotatable bonds is 8. The second-order valence-corrected chi connectivity index (χ2v) is 4.39. The summed E-state index contributed by atoms with van der Waals surface area (Å²) in [5.74, 6) is 0.805. The molecule has 4 heteroatoms. The van der Waals surface area contributed by atoms with Crippen LogP contribution in [0.4, 0.5) is 5.69 Å². The van der Waals surface area contributed by atoms with E-state index in [0.717, 1.165) is 43.3 Å². The Hall–Kier alpha value is -1.29. The molecular weight excluding hydrogens is 226 g/mol. The highest BCUT2D eigenvalue weighted by atomic mass is 16.5. The smallest absolute Gasteiger partial charge is 0.160 e. The lowest BCUT2D eigenvalue weighted by Gasteiger charge is -2.20. The maximum atomic E-state index is 5.29. The highest BCUT2D eigenvalue weighted by molar-refractivity contribution is 5.55. The number of pyridine rings is 1. The van der Waals surface area contributed by atoms with Crippen molar-refractivity contribution in [2.45, 2.75) is 27.2 Å². The predicted octanol–water partition coefficient (Wildman–Crippen LogP) is 2.54. The summed E-state index contributed by atoms with van der Waals surface area (Å²) in [6.45, 7) is 10.6. The van der Waals surface area contributed by atoms with Gasteiger partial charge in [-0.25, -0.2) is 0 Å². The van der Waals surface area contributed by atoms with E-state index in [1.165, 1.54) is 6.42 Å². The molecule has 0 radical (unpaired) electrons. The molecule has 0 aliphatic heterocycles. The van der Waals surface area contributed by atoms with Gasteiger partial charge in [-0.1, -0.05) is 13.8 Å². The lowest BCUT2D eigenvalue weighted by molar-refractivity contribution is 0.300. The van der Waals surface area contributed by atoms with Gasteiger partial charge in [0, 0.05) is 18.8 Å². The molecule has 0 fully saturated rings. The van der Waals surface area contributed by atoms with Gasteiger partial charge in [0.1, 0.15) is 0 Å². The van der Waals surface area contributed by atoms with Crippen molar-refractivity contribution in [3.8, 4) is 5.75 Å². The molecule has 0 amide bonds. The van der Waals surface area contributed by atoms with E-state index >= 15 is 0 Å². The number of methoxy groups -OCH3 is 1. The number of aryl methyl sites for hydroxylation is 1. The van der Waals surface area contributed by atoms with Gasteiger partial charge in [-0.05, 0) is 32.5 Å². The largest absolute Gasteiger partial charge is 0.493 e. The minimum absolute atomic E-state index is 0.805. The van der Waals surface area contributed by atoms with Crippen LogP contribution in [-0.2, 0) is 0 Å². The highest BCUT2D eigenvalue weighted by Crippen LogP contribution is 2.22. The van der Waals surface area contributed by atoms with E-state index in [0.29, 0.717) is 0 Å². The molecule has 0 atom stereocenters. The van der Waals surface area contributed by atoms with Gasteiger partial charge in [0.15, 0.2) is 5.75 Å². The summed E-state index contributed by atoms with van der Waals surface area (Å²) >= 11 is 0. The molecular formula is C14H25N3O. The summed E-state index contributed by atoms with van der Waals surface area (Å²) in [6.07, 6.45) is 2.97. The Bertz CT molecular complexity index is 355. The van der Waals surface area contributed by atoms with Gasteiger partial charge < -0.3 is 15.0 Å². The maximum Gasteiger partial charge on any atom is 0.160 e. The number of aromatic nitrogens is 1.